The second-order valence-electron chi connectivity index (χ2n) is 15.6. The van der Waals surface area contributed by atoms with Crippen LogP contribution in [0.5, 0.6) is 0 Å². The predicted molar refractivity (Wildman–Crippen MR) is 306 cm³/mol. The lowest BCUT2D eigenvalue weighted by molar-refractivity contribution is 1.20. The molecule has 0 bridgehead atoms. The third-order valence-corrected chi connectivity index (χ3v) is 11.4. The molecule has 0 aliphatic carbocycles. The van der Waals surface area contributed by atoms with Crippen molar-refractivity contribution < 1.29 is 0 Å². The van der Waals surface area contributed by atoms with Gasteiger partial charge in [0.2, 0.25) is 0 Å². The van der Waals surface area contributed by atoms with Crippen molar-refractivity contribution in [3.63, 3.8) is 0 Å². The Morgan fingerprint density at radius 2 is 0.684 bits per heavy atom. The molecule has 2 aromatic carbocycles. The Kier molecular flexibility index (Phi) is 23.2. The first-order valence-electron chi connectivity index (χ1n) is 18.8. The SMILES string of the molecule is [B][B]B(B([B])[B])B(B([B])[B])B(B(B(B([B])[B])B([B])[B])B(B([B])[B])B([B])[B])B(B(B(B([B])[B])B([B])[B])B(B([B])[B])B([B])[B])c1ccc(Cc2cc(N)cc(N)c2)cc1. The lowest BCUT2D eigenvalue weighted by Crippen LogP contribution is -2.92. The number of hydrogen-bond donors (Lipinski definition) is 2. The van der Waals surface area contributed by atoms with Gasteiger partial charge in [0.1, 0.15) is 0 Å². The molecule has 0 fully saturated rings. The second-order valence-corrected chi connectivity index (χ2v) is 15.6. The molecule has 0 atom stereocenters. The van der Waals surface area contributed by atoms with Crippen LogP contribution in [-0.4, -0.2) is 297 Å². The Bertz CT molecular complexity index is 1360. The first-order chi connectivity index (χ1) is 26.4. The van der Waals surface area contributed by atoms with Crippen LogP contribution < -0.4 is 16.9 Å². The summed E-state index contributed by atoms with van der Waals surface area (Å²) in [4.78, 5) is 0. The largest absolute Gasteiger partial charge is 0.399 e. The number of benzene rings is 2. The highest BCUT2D eigenvalue weighted by molar-refractivity contribution is 8.30. The van der Waals surface area contributed by atoms with Crippen LogP contribution in [0.1, 0.15) is 11.1 Å². The van der Waals surface area contributed by atoms with Gasteiger partial charge in [0.15, 0.2) is 0 Å². The molecule has 201 valence electrons. The van der Waals surface area contributed by atoms with E-state index in [2.05, 4.69) is 0 Å². The van der Waals surface area contributed by atoms with Crippen LogP contribution >= 0.6 is 0 Å². The van der Waals surface area contributed by atoms with E-state index in [-0.39, 0.29) is 0 Å². The Morgan fingerprint density at radius 1 is 0.368 bits per heavy atom. The maximum absolute atomic E-state index is 6.76. The van der Waals surface area contributed by atoms with E-state index in [9.17, 15) is 0 Å². The number of anilines is 2. The van der Waals surface area contributed by atoms with Gasteiger partial charge in [-0.3, -0.25) is 0 Å². The molecule has 0 saturated carbocycles. The van der Waals surface area contributed by atoms with Crippen LogP contribution in [0.4, 0.5) is 11.4 Å². The minimum Gasteiger partial charge on any atom is -0.399 e. The third-order valence-electron chi connectivity index (χ3n) is 11.4. The van der Waals surface area contributed by atoms with Crippen molar-refractivity contribution in [3.05, 3.63) is 53.6 Å². The summed E-state index contributed by atoms with van der Waals surface area (Å²) in [7, 11) is 139. The molecule has 0 saturated heterocycles. The average molecular weight is 651 g/mol. The molecular formula is C13H13B42N2. The van der Waals surface area contributed by atoms with Crippen molar-refractivity contribution >= 4 is 314 Å². The zero-order chi connectivity index (χ0) is 43.8. The number of nitrogen functional groups attached to an aromatic ring is 2. The van der Waals surface area contributed by atoms with Crippen LogP contribution in [0, 0.1) is 0 Å². The Labute approximate surface area is 382 Å². The minimum atomic E-state index is -1.27. The maximum Gasteiger partial charge on any atom is 0.0804 e. The van der Waals surface area contributed by atoms with Crippen molar-refractivity contribution in [1.29, 1.82) is 0 Å². The van der Waals surface area contributed by atoms with E-state index < -0.39 is 128 Å². The smallest absolute Gasteiger partial charge is 0.0804 e. The second kappa shape index (κ2) is 24.6. The summed E-state index contributed by atoms with van der Waals surface area (Å²) in [5.41, 5.74) is 15.5. The number of rotatable bonds is 23. The highest BCUT2D eigenvalue weighted by Gasteiger charge is 2.58. The van der Waals surface area contributed by atoms with Crippen molar-refractivity contribution in [1.82, 2.24) is 0 Å². The molecule has 2 aromatic rings. The van der Waals surface area contributed by atoms with Gasteiger partial charge in [-0.25, -0.2) is 0 Å². The summed E-state index contributed by atoms with van der Waals surface area (Å²) in [6.45, 7) is -1.00. The van der Waals surface area contributed by atoms with Crippen molar-refractivity contribution in [3.8, 4) is 0 Å². The average Bonchev–Trinajstić information content (AvgIpc) is 3.04. The van der Waals surface area contributed by atoms with Gasteiger partial charge in [0.05, 0.1) is 6.49 Å². The van der Waals surface area contributed by atoms with Gasteiger partial charge >= 0.3 is 0 Å². The molecule has 0 unspecified atom stereocenters. The summed E-state index contributed by atoms with van der Waals surface area (Å²) >= 11 is 0. The molecule has 0 aliphatic heterocycles. The van der Waals surface area contributed by atoms with E-state index in [1.165, 1.54) is 7.06 Å². The van der Waals surface area contributed by atoms with E-state index in [0.29, 0.717) is 23.3 Å². The molecule has 44 heteroatoms. The predicted octanol–water partition coefficient (Wildman–Crippen LogP) is -14.4. The standard InChI is InChI=1S/C13H13B42N2/c14-35-47(37(15)16)54(46(33)34)49(55(52(42(25)26)43(27)28)53(44(29)30)45(31)32)36(48(50(38(17)18)39(19)20)51(40(21)22)41(23)24)11-3-1-9(2-4-11)5-10-6-12(56)8-13(57)7-10/h1-4,6-8H,5,56-57H2. The molecule has 0 amide bonds. The van der Waals surface area contributed by atoms with Crippen molar-refractivity contribution in [2.24, 2.45) is 0 Å². The topological polar surface area (TPSA) is 52.0 Å². The van der Waals surface area contributed by atoms with Gasteiger partial charge in [-0.2, -0.15) is 0 Å². The van der Waals surface area contributed by atoms with Crippen molar-refractivity contribution in [2.45, 2.75) is 6.42 Å². The molecule has 2 rings (SSSR count). The van der Waals surface area contributed by atoms with E-state index in [1.54, 1.807) is 6.07 Å². The van der Waals surface area contributed by atoms with Gasteiger partial charge in [-0.05, 0) is 35.7 Å². The summed E-state index contributed by atoms with van der Waals surface area (Å²) < 4.78 is 0. The normalized spacial score (nSPS) is 10.0. The molecular weight excluding hydrogens is 638 g/mol. The quantitative estimate of drug-likeness (QED) is 0.0928. The fourth-order valence-corrected chi connectivity index (χ4v) is 9.24. The van der Waals surface area contributed by atoms with Gasteiger partial charge in [-0.15, -0.1) is 0 Å². The van der Waals surface area contributed by atoms with Gasteiger partial charge in [0, 0.05) is 302 Å². The summed E-state index contributed by atoms with van der Waals surface area (Å²) in [5.74, 6) is 0. The number of hydrogen-bond acceptors (Lipinski definition) is 2. The van der Waals surface area contributed by atoms with Crippen LogP contribution in [0.3, 0.4) is 0 Å². The lowest BCUT2D eigenvalue weighted by atomic mass is 8.29. The monoisotopic (exact) mass is 659 g/mol. The van der Waals surface area contributed by atoms with E-state index >= 15 is 0 Å². The van der Waals surface area contributed by atoms with Crippen LogP contribution in [0.2, 0.25) is 0 Å². The van der Waals surface area contributed by atoms with E-state index in [4.69, 9.17) is 174 Å². The minimum absolute atomic E-state index is 0.449. The van der Waals surface area contributed by atoms with Gasteiger partial charge < -0.3 is 11.5 Å². The Balaban J connectivity index is 3.41. The first-order valence-corrected chi connectivity index (χ1v) is 18.8. The molecule has 2 nitrogen and oxygen atoms in total. The fraction of sp³-hybridized carbons (Fsp3) is 0.0769. The number of nitrogens with two attached hydrogens (primary N) is 2. The molecule has 0 spiro atoms. The zero-order valence-corrected chi connectivity index (χ0v) is 32.7. The molecule has 57 heavy (non-hydrogen) atoms. The molecule has 0 aliphatic rings. The third kappa shape index (κ3) is 14.4. The van der Waals surface area contributed by atoms with Crippen LogP contribution in [0.25, 0.3) is 0 Å². The van der Waals surface area contributed by atoms with Gasteiger partial charge in [-0.1, -0.05) is 29.7 Å². The van der Waals surface area contributed by atoms with E-state index in [0.717, 1.165) is 11.1 Å². The summed E-state index contributed by atoms with van der Waals surface area (Å²) in [6, 6.07) is 12.7. The van der Waals surface area contributed by atoms with Crippen LogP contribution in [-0.2, 0) is 6.42 Å². The van der Waals surface area contributed by atoms with E-state index in [1.807, 2.05) is 36.4 Å². The Hall–Kier alpha value is 0.767. The van der Waals surface area contributed by atoms with Crippen molar-refractivity contribution in [2.75, 3.05) is 11.5 Å². The maximum atomic E-state index is 6.76. The van der Waals surface area contributed by atoms with Crippen LogP contribution in [0.15, 0.2) is 42.5 Å². The molecule has 0 aromatic heterocycles. The first kappa shape index (κ1) is 53.9. The molecule has 0 heterocycles. The summed E-state index contributed by atoms with van der Waals surface area (Å²) in [6.07, 6.45) is -21.3. The fourth-order valence-electron chi connectivity index (χ4n) is 9.24. The molecule has 4 N–H and O–H groups in total. The zero-order valence-electron chi connectivity index (χ0n) is 32.7. The molecule has 43 radical (unpaired) electrons. The highest BCUT2D eigenvalue weighted by Crippen LogP contribution is 2.21. The Morgan fingerprint density at radius 3 is 0.982 bits per heavy atom. The summed E-state index contributed by atoms with van der Waals surface area (Å²) in [5, 5.41) is 0. The lowest BCUT2D eigenvalue weighted by Gasteiger charge is -2.53. The van der Waals surface area contributed by atoms with Gasteiger partial charge in [0.25, 0.3) is 0 Å². The highest BCUT2D eigenvalue weighted by atomic mass is 14.6.